The third kappa shape index (κ3) is 3.33. The molecule has 2 atom stereocenters. The van der Waals surface area contributed by atoms with Crippen LogP contribution in [-0.4, -0.2) is 29.8 Å². The summed E-state index contributed by atoms with van der Waals surface area (Å²) in [5.41, 5.74) is 7.82. The van der Waals surface area contributed by atoms with E-state index in [9.17, 15) is 5.11 Å². The van der Waals surface area contributed by atoms with Gasteiger partial charge in [-0.25, -0.2) is 0 Å². The van der Waals surface area contributed by atoms with Crippen LogP contribution >= 0.6 is 0 Å². The lowest BCUT2D eigenvalue weighted by Crippen LogP contribution is -2.41. The Morgan fingerprint density at radius 1 is 1.40 bits per heavy atom. The summed E-state index contributed by atoms with van der Waals surface area (Å²) < 4.78 is 0. The molecule has 0 aliphatic carbocycles. The van der Waals surface area contributed by atoms with Gasteiger partial charge in [-0.15, -0.1) is 0 Å². The van der Waals surface area contributed by atoms with Crippen molar-refractivity contribution in [3.63, 3.8) is 0 Å². The molecular formula is C17H28N2O. The second kappa shape index (κ2) is 6.59. The minimum Gasteiger partial charge on any atom is -0.389 e. The molecule has 112 valence electrons. The summed E-state index contributed by atoms with van der Waals surface area (Å²) in [5.74, 6) is 0. The van der Waals surface area contributed by atoms with Crippen LogP contribution in [-0.2, 0) is 6.42 Å². The maximum atomic E-state index is 10.3. The van der Waals surface area contributed by atoms with Crippen molar-refractivity contribution < 1.29 is 5.11 Å². The zero-order chi connectivity index (χ0) is 14.6. The van der Waals surface area contributed by atoms with Crippen molar-refractivity contribution >= 4 is 5.69 Å². The topological polar surface area (TPSA) is 49.5 Å². The smallest absolute Gasteiger partial charge is 0.0767 e. The predicted molar refractivity (Wildman–Crippen MR) is 85.1 cm³/mol. The van der Waals surface area contributed by atoms with E-state index < -0.39 is 5.60 Å². The SMILES string of the molecule is CCC(O)(CN)CCCN1c2ccccc2CCC1C. The minimum atomic E-state index is -0.682. The monoisotopic (exact) mass is 276 g/mol. The highest BCUT2D eigenvalue weighted by atomic mass is 16.3. The molecule has 0 spiro atoms. The van der Waals surface area contributed by atoms with Crippen molar-refractivity contribution in [3.8, 4) is 0 Å². The summed E-state index contributed by atoms with van der Waals surface area (Å²) in [5, 5.41) is 10.3. The first kappa shape index (κ1) is 15.3. The Morgan fingerprint density at radius 3 is 2.85 bits per heavy atom. The summed E-state index contributed by atoms with van der Waals surface area (Å²) in [6.45, 7) is 5.66. The molecule has 0 bridgehead atoms. The standard InChI is InChI=1S/C17H28N2O/c1-3-17(20,13-18)11-6-12-19-14(2)9-10-15-7-4-5-8-16(15)19/h4-5,7-8,14,20H,3,6,9-13,18H2,1-2H3. The molecule has 0 aromatic heterocycles. The van der Waals surface area contributed by atoms with Gasteiger partial charge < -0.3 is 15.7 Å². The molecule has 2 unspecified atom stereocenters. The van der Waals surface area contributed by atoms with Crippen molar-refractivity contribution in [2.24, 2.45) is 5.73 Å². The van der Waals surface area contributed by atoms with Crippen LogP contribution in [0.3, 0.4) is 0 Å². The Bertz CT molecular complexity index is 429. The first-order chi connectivity index (χ1) is 9.59. The van der Waals surface area contributed by atoms with Crippen LogP contribution in [0.1, 0.15) is 45.1 Å². The Labute approximate surface area is 122 Å². The predicted octanol–water partition coefficient (Wildman–Crippen LogP) is 2.71. The summed E-state index contributed by atoms with van der Waals surface area (Å²) in [6.07, 6.45) is 4.89. The average Bonchev–Trinajstić information content (AvgIpc) is 2.49. The number of nitrogens with two attached hydrogens (primary N) is 1. The van der Waals surface area contributed by atoms with Crippen molar-refractivity contribution in [2.75, 3.05) is 18.0 Å². The molecule has 0 saturated carbocycles. The van der Waals surface area contributed by atoms with Gasteiger partial charge in [0.15, 0.2) is 0 Å². The molecular weight excluding hydrogens is 248 g/mol. The first-order valence-electron chi connectivity index (χ1n) is 7.86. The van der Waals surface area contributed by atoms with Gasteiger partial charge in [0.05, 0.1) is 5.60 Å². The van der Waals surface area contributed by atoms with Crippen LogP contribution in [0.25, 0.3) is 0 Å². The second-order valence-corrected chi connectivity index (χ2v) is 6.10. The third-order valence-corrected chi connectivity index (χ3v) is 4.74. The van der Waals surface area contributed by atoms with Gasteiger partial charge >= 0.3 is 0 Å². The number of hydrogen-bond donors (Lipinski definition) is 2. The Balaban J connectivity index is 1.99. The Morgan fingerprint density at radius 2 is 2.15 bits per heavy atom. The number of hydrogen-bond acceptors (Lipinski definition) is 3. The van der Waals surface area contributed by atoms with E-state index in [4.69, 9.17) is 5.73 Å². The van der Waals surface area contributed by atoms with Gasteiger partial charge in [-0.3, -0.25) is 0 Å². The van der Waals surface area contributed by atoms with Crippen LogP contribution in [0, 0.1) is 0 Å². The van der Waals surface area contributed by atoms with Crippen LogP contribution in [0.15, 0.2) is 24.3 Å². The highest BCUT2D eigenvalue weighted by Gasteiger charge is 2.25. The van der Waals surface area contributed by atoms with Gasteiger partial charge in [0.1, 0.15) is 0 Å². The molecule has 3 nitrogen and oxygen atoms in total. The minimum absolute atomic E-state index is 0.357. The van der Waals surface area contributed by atoms with E-state index in [1.165, 1.54) is 24.1 Å². The molecule has 3 N–H and O–H groups in total. The van der Waals surface area contributed by atoms with E-state index in [0.29, 0.717) is 12.6 Å². The number of fused-ring (bicyclic) bond motifs is 1. The van der Waals surface area contributed by atoms with E-state index in [-0.39, 0.29) is 0 Å². The number of rotatable bonds is 6. The normalized spacial score (nSPS) is 21.4. The lowest BCUT2D eigenvalue weighted by molar-refractivity contribution is 0.0348. The molecule has 1 aromatic carbocycles. The van der Waals surface area contributed by atoms with Gasteiger partial charge in [0, 0.05) is 24.8 Å². The molecule has 1 aromatic rings. The fourth-order valence-electron chi connectivity index (χ4n) is 3.10. The fourth-order valence-corrected chi connectivity index (χ4v) is 3.10. The Kier molecular flexibility index (Phi) is 5.06. The van der Waals surface area contributed by atoms with Crippen molar-refractivity contribution in [3.05, 3.63) is 29.8 Å². The quantitative estimate of drug-likeness (QED) is 0.840. The van der Waals surface area contributed by atoms with Gasteiger partial charge in [-0.1, -0.05) is 25.1 Å². The van der Waals surface area contributed by atoms with Gasteiger partial charge in [0.2, 0.25) is 0 Å². The first-order valence-corrected chi connectivity index (χ1v) is 7.86. The van der Waals surface area contributed by atoms with Crippen LogP contribution in [0.5, 0.6) is 0 Å². The number of nitrogens with zero attached hydrogens (tertiary/aromatic N) is 1. The lowest BCUT2D eigenvalue weighted by atomic mass is 9.93. The molecule has 0 amide bonds. The van der Waals surface area contributed by atoms with E-state index >= 15 is 0 Å². The van der Waals surface area contributed by atoms with Gasteiger partial charge in [0.25, 0.3) is 0 Å². The number of aryl methyl sites for hydroxylation is 1. The van der Waals surface area contributed by atoms with E-state index in [1.807, 2.05) is 6.92 Å². The number of anilines is 1. The van der Waals surface area contributed by atoms with E-state index in [2.05, 4.69) is 36.1 Å². The summed E-state index contributed by atoms with van der Waals surface area (Å²) in [6, 6.07) is 9.28. The number of para-hydroxylation sites is 1. The molecule has 1 heterocycles. The van der Waals surface area contributed by atoms with Crippen LogP contribution in [0.2, 0.25) is 0 Å². The third-order valence-electron chi connectivity index (χ3n) is 4.74. The van der Waals surface area contributed by atoms with E-state index in [0.717, 1.165) is 25.8 Å². The zero-order valence-corrected chi connectivity index (χ0v) is 12.8. The highest BCUT2D eigenvalue weighted by Crippen LogP contribution is 2.31. The lowest BCUT2D eigenvalue weighted by Gasteiger charge is -2.38. The molecule has 0 radical (unpaired) electrons. The Hall–Kier alpha value is -1.06. The molecule has 2 rings (SSSR count). The molecule has 0 saturated heterocycles. The molecule has 3 heteroatoms. The van der Waals surface area contributed by atoms with Crippen LogP contribution < -0.4 is 10.6 Å². The molecule has 1 aliphatic rings. The van der Waals surface area contributed by atoms with Crippen molar-refractivity contribution in [2.45, 2.75) is 57.6 Å². The van der Waals surface area contributed by atoms with Gasteiger partial charge in [-0.2, -0.15) is 0 Å². The fraction of sp³-hybridized carbons (Fsp3) is 0.647. The van der Waals surface area contributed by atoms with Gasteiger partial charge in [-0.05, 0) is 50.7 Å². The molecule has 20 heavy (non-hydrogen) atoms. The van der Waals surface area contributed by atoms with Crippen LogP contribution in [0.4, 0.5) is 5.69 Å². The zero-order valence-electron chi connectivity index (χ0n) is 12.8. The highest BCUT2D eigenvalue weighted by molar-refractivity contribution is 5.56. The van der Waals surface area contributed by atoms with E-state index in [1.54, 1.807) is 0 Å². The largest absolute Gasteiger partial charge is 0.389 e. The maximum absolute atomic E-state index is 10.3. The summed E-state index contributed by atoms with van der Waals surface area (Å²) in [4.78, 5) is 2.49. The number of benzene rings is 1. The summed E-state index contributed by atoms with van der Waals surface area (Å²) in [7, 11) is 0. The molecule has 0 fully saturated rings. The number of aliphatic hydroxyl groups is 1. The van der Waals surface area contributed by atoms with Crippen molar-refractivity contribution in [1.29, 1.82) is 0 Å². The average molecular weight is 276 g/mol. The summed E-state index contributed by atoms with van der Waals surface area (Å²) >= 11 is 0. The van der Waals surface area contributed by atoms with Crippen molar-refractivity contribution in [1.82, 2.24) is 0 Å². The second-order valence-electron chi connectivity index (χ2n) is 6.10. The maximum Gasteiger partial charge on any atom is 0.0767 e. The molecule has 1 aliphatic heterocycles.